The number of nitrogens with zero attached hydrogens (tertiary/aromatic N) is 4. The molecule has 4 aromatic heterocycles. The summed E-state index contributed by atoms with van der Waals surface area (Å²) in [6.07, 6.45) is 9.57. The Kier molecular flexibility index (Phi) is 6.33. The Morgan fingerprint density at radius 2 is 1.02 bits per heavy atom. The zero-order valence-electron chi connectivity index (χ0n) is 24.0. The van der Waals surface area contributed by atoms with Crippen molar-refractivity contribution in [2.75, 3.05) is 0 Å². The molecular formula is C39H32N4. The minimum Gasteiger partial charge on any atom is -0.309 e. The minimum absolute atomic E-state index is 0.104. The molecule has 0 atom stereocenters. The summed E-state index contributed by atoms with van der Waals surface area (Å²) in [6, 6.07) is 43.4. The van der Waals surface area contributed by atoms with Crippen LogP contribution in [-0.4, -0.2) is 19.5 Å². The van der Waals surface area contributed by atoms with E-state index in [0.29, 0.717) is 0 Å². The first-order valence-electron chi connectivity index (χ1n) is 15.2. The maximum atomic E-state index is 5.07. The highest BCUT2D eigenvalue weighted by molar-refractivity contribution is 6.09. The van der Waals surface area contributed by atoms with Crippen LogP contribution in [-0.2, 0) is 5.41 Å². The molecule has 8 rings (SSSR count). The van der Waals surface area contributed by atoms with Crippen molar-refractivity contribution in [2.45, 2.75) is 37.5 Å². The fraction of sp³-hybridized carbons (Fsp3) is 0.154. The second kappa shape index (κ2) is 10.6. The van der Waals surface area contributed by atoms with Crippen LogP contribution < -0.4 is 0 Å². The van der Waals surface area contributed by atoms with Crippen molar-refractivity contribution in [3.8, 4) is 28.5 Å². The Morgan fingerprint density at radius 3 is 1.56 bits per heavy atom. The molecule has 4 heteroatoms. The zero-order chi connectivity index (χ0) is 28.6. The van der Waals surface area contributed by atoms with Crippen molar-refractivity contribution in [3.63, 3.8) is 0 Å². The Labute approximate surface area is 251 Å². The summed E-state index contributed by atoms with van der Waals surface area (Å²) < 4.78 is 2.40. The molecule has 208 valence electrons. The quantitative estimate of drug-likeness (QED) is 0.212. The van der Waals surface area contributed by atoms with E-state index in [1.807, 2.05) is 48.8 Å². The van der Waals surface area contributed by atoms with Crippen molar-refractivity contribution in [1.29, 1.82) is 0 Å². The van der Waals surface area contributed by atoms with Gasteiger partial charge in [-0.2, -0.15) is 0 Å². The molecular weight excluding hydrogens is 524 g/mol. The molecule has 43 heavy (non-hydrogen) atoms. The van der Waals surface area contributed by atoms with E-state index in [-0.39, 0.29) is 5.41 Å². The van der Waals surface area contributed by atoms with Crippen molar-refractivity contribution in [3.05, 3.63) is 145 Å². The fourth-order valence-corrected chi connectivity index (χ4v) is 7.13. The van der Waals surface area contributed by atoms with Gasteiger partial charge in [-0.1, -0.05) is 79.9 Å². The third-order valence-corrected chi connectivity index (χ3v) is 9.20. The first-order chi connectivity index (χ1) is 21.3. The Balaban J connectivity index is 1.29. The molecule has 3 aromatic carbocycles. The lowest BCUT2D eigenvalue weighted by Gasteiger charge is -2.39. The minimum atomic E-state index is -0.104. The van der Waals surface area contributed by atoms with E-state index < -0.39 is 0 Å². The maximum Gasteiger partial charge on any atom is 0.0897 e. The molecule has 0 aliphatic heterocycles. The average molecular weight is 557 g/mol. The van der Waals surface area contributed by atoms with Crippen LogP contribution in [0, 0.1) is 0 Å². The molecule has 0 unspecified atom stereocenters. The van der Waals surface area contributed by atoms with Crippen molar-refractivity contribution >= 4 is 21.8 Å². The highest BCUT2D eigenvalue weighted by atomic mass is 15.0. The van der Waals surface area contributed by atoms with Gasteiger partial charge in [-0.15, -0.1) is 0 Å². The Bertz CT molecular complexity index is 1930. The molecule has 0 radical (unpaired) electrons. The van der Waals surface area contributed by atoms with Crippen LogP contribution in [0.25, 0.3) is 50.3 Å². The molecule has 0 bridgehead atoms. The van der Waals surface area contributed by atoms with Gasteiger partial charge in [0.2, 0.25) is 0 Å². The van der Waals surface area contributed by atoms with Crippen LogP contribution in [0.15, 0.2) is 134 Å². The maximum absolute atomic E-state index is 5.07. The molecule has 0 spiro atoms. The molecule has 4 nitrogen and oxygen atoms in total. The van der Waals surface area contributed by atoms with Crippen LogP contribution in [0.4, 0.5) is 0 Å². The first kappa shape index (κ1) is 25.6. The van der Waals surface area contributed by atoms with E-state index in [1.54, 1.807) is 0 Å². The van der Waals surface area contributed by atoms with Crippen LogP contribution in [0.5, 0.6) is 0 Å². The fourth-order valence-electron chi connectivity index (χ4n) is 7.13. The molecule has 0 saturated heterocycles. The number of hydrogen-bond donors (Lipinski definition) is 0. The SMILES string of the molecule is c1ccc(-c2cc(C3(c4ccc(-n5c6ccccc6c6ccccc65)cc4)CCCCC3)cc(-c3ccccn3)n2)nc1. The summed E-state index contributed by atoms with van der Waals surface area (Å²) in [5.74, 6) is 0. The number of para-hydroxylation sites is 2. The van der Waals surface area contributed by atoms with Gasteiger partial charge in [-0.05, 0) is 84.6 Å². The lowest BCUT2D eigenvalue weighted by atomic mass is 9.65. The summed E-state index contributed by atoms with van der Waals surface area (Å²) in [5.41, 5.74) is 9.77. The third-order valence-electron chi connectivity index (χ3n) is 9.20. The second-order valence-electron chi connectivity index (χ2n) is 11.6. The molecule has 1 aliphatic carbocycles. The van der Waals surface area contributed by atoms with Gasteiger partial charge in [-0.3, -0.25) is 9.97 Å². The van der Waals surface area contributed by atoms with Gasteiger partial charge in [0.25, 0.3) is 0 Å². The number of hydrogen-bond acceptors (Lipinski definition) is 3. The van der Waals surface area contributed by atoms with Crippen LogP contribution in [0.2, 0.25) is 0 Å². The number of benzene rings is 3. The van der Waals surface area contributed by atoms with E-state index >= 15 is 0 Å². The number of fused-ring (bicyclic) bond motifs is 3. The summed E-state index contributed by atoms with van der Waals surface area (Å²) in [6.45, 7) is 0. The van der Waals surface area contributed by atoms with E-state index in [1.165, 1.54) is 57.9 Å². The van der Waals surface area contributed by atoms with Gasteiger partial charge in [0, 0.05) is 34.3 Å². The molecule has 0 amide bonds. The van der Waals surface area contributed by atoms with E-state index in [2.05, 4.69) is 99.5 Å². The highest BCUT2D eigenvalue weighted by Crippen LogP contribution is 2.46. The van der Waals surface area contributed by atoms with Crippen molar-refractivity contribution < 1.29 is 0 Å². The van der Waals surface area contributed by atoms with Gasteiger partial charge >= 0.3 is 0 Å². The molecule has 1 fully saturated rings. The van der Waals surface area contributed by atoms with Gasteiger partial charge < -0.3 is 4.57 Å². The smallest absolute Gasteiger partial charge is 0.0897 e. The standard InChI is InChI=1S/C39H32N4/c1-8-22-39(23-9-1,29-26-35(33-14-6-10-24-40-33)42-36(27-29)34-15-7-11-25-41-34)28-18-20-30(21-19-28)43-37-16-4-2-12-31(37)32-13-3-5-17-38(32)43/h2-7,10-21,24-27H,1,8-9,22-23H2. The predicted octanol–water partition coefficient (Wildman–Crippen LogP) is 9.55. The summed E-state index contributed by atoms with van der Waals surface area (Å²) in [4.78, 5) is 14.4. The summed E-state index contributed by atoms with van der Waals surface area (Å²) >= 11 is 0. The molecule has 1 aliphatic rings. The van der Waals surface area contributed by atoms with Gasteiger partial charge in [0.05, 0.1) is 33.8 Å². The van der Waals surface area contributed by atoms with Crippen molar-refractivity contribution in [1.82, 2.24) is 19.5 Å². The summed E-state index contributed by atoms with van der Waals surface area (Å²) in [5, 5.41) is 2.57. The number of aromatic nitrogens is 4. The largest absolute Gasteiger partial charge is 0.309 e. The van der Waals surface area contributed by atoms with E-state index in [9.17, 15) is 0 Å². The second-order valence-corrected chi connectivity index (χ2v) is 11.6. The molecule has 0 N–H and O–H groups in total. The van der Waals surface area contributed by atoms with E-state index in [4.69, 9.17) is 4.98 Å². The summed E-state index contributed by atoms with van der Waals surface area (Å²) in [7, 11) is 0. The first-order valence-corrected chi connectivity index (χ1v) is 15.2. The number of rotatable bonds is 5. The topological polar surface area (TPSA) is 43.6 Å². The normalized spacial score (nSPS) is 14.7. The van der Waals surface area contributed by atoms with Crippen LogP contribution in [0.1, 0.15) is 43.2 Å². The van der Waals surface area contributed by atoms with Gasteiger partial charge in [-0.25, -0.2) is 4.98 Å². The third kappa shape index (κ3) is 4.42. The predicted molar refractivity (Wildman–Crippen MR) is 175 cm³/mol. The van der Waals surface area contributed by atoms with Gasteiger partial charge in [0.15, 0.2) is 0 Å². The monoisotopic (exact) mass is 556 g/mol. The van der Waals surface area contributed by atoms with Crippen LogP contribution in [0.3, 0.4) is 0 Å². The average Bonchev–Trinajstić information content (AvgIpc) is 3.44. The Morgan fingerprint density at radius 1 is 0.488 bits per heavy atom. The Hall–Kier alpha value is -5.09. The molecule has 1 saturated carbocycles. The lowest BCUT2D eigenvalue weighted by Crippen LogP contribution is -2.30. The molecule has 7 aromatic rings. The van der Waals surface area contributed by atoms with Gasteiger partial charge in [0.1, 0.15) is 0 Å². The molecule has 4 heterocycles. The lowest BCUT2D eigenvalue weighted by molar-refractivity contribution is 0.346. The zero-order valence-corrected chi connectivity index (χ0v) is 24.0. The van der Waals surface area contributed by atoms with E-state index in [0.717, 1.165) is 35.6 Å². The van der Waals surface area contributed by atoms with Crippen molar-refractivity contribution in [2.24, 2.45) is 0 Å². The highest BCUT2D eigenvalue weighted by Gasteiger charge is 2.36. The number of pyridine rings is 3. The van der Waals surface area contributed by atoms with Crippen LogP contribution >= 0.6 is 0 Å².